The zero-order valence-corrected chi connectivity index (χ0v) is 17.6. The summed E-state index contributed by atoms with van der Waals surface area (Å²) in [7, 11) is 1.27. The molecule has 2 N–H and O–H groups in total. The second-order valence-electron chi connectivity index (χ2n) is 7.57. The van der Waals surface area contributed by atoms with Crippen molar-refractivity contribution >= 4 is 28.5 Å². The van der Waals surface area contributed by atoms with Crippen LogP contribution < -0.4 is 10.9 Å². The molecule has 0 fully saturated rings. The van der Waals surface area contributed by atoms with E-state index in [0.717, 1.165) is 16.5 Å². The van der Waals surface area contributed by atoms with Gasteiger partial charge in [-0.2, -0.15) is 5.10 Å². The number of carbonyl (C=O) groups excluding carboxylic acids is 1. The number of ether oxygens (including phenoxy) is 1. The molecule has 1 amide bonds. The number of carbonyl (C=O) groups is 1. The number of nitrogens with one attached hydrogen (secondary N) is 2. The van der Waals surface area contributed by atoms with Gasteiger partial charge in [-0.15, -0.1) is 0 Å². The van der Waals surface area contributed by atoms with E-state index < -0.39 is 11.9 Å². The van der Waals surface area contributed by atoms with Gasteiger partial charge in [0.15, 0.2) is 5.82 Å². The molecule has 0 bridgehead atoms. The van der Waals surface area contributed by atoms with Crippen LogP contribution in [0.15, 0.2) is 64.4 Å². The van der Waals surface area contributed by atoms with Gasteiger partial charge in [0.2, 0.25) is 0 Å². The summed E-state index contributed by atoms with van der Waals surface area (Å²) in [4.78, 5) is 32.3. The van der Waals surface area contributed by atoms with Gasteiger partial charge in [-0.25, -0.2) is 24.3 Å². The van der Waals surface area contributed by atoms with Crippen molar-refractivity contribution in [1.82, 2.24) is 20.5 Å². The lowest BCUT2D eigenvalue weighted by atomic mass is 10.0. The van der Waals surface area contributed by atoms with Gasteiger partial charge in [0.05, 0.1) is 23.9 Å². The maximum atomic E-state index is 14.7. The van der Waals surface area contributed by atoms with Crippen molar-refractivity contribution < 1.29 is 13.9 Å². The number of amidine groups is 1. The molecule has 1 aliphatic rings. The Morgan fingerprint density at radius 3 is 2.79 bits per heavy atom. The molecule has 0 spiro atoms. The Hall–Kier alpha value is -4.40. The lowest BCUT2D eigenvalue weighted by Gasteiger charge is -2.09. The predicted molar refractivity (Wildman–Crippen MR) is 121 cm³/mol. The molecule has 1 aliphatic heterocycles. The number of methoxy groups -OCH3 is 1. The molecule has 33 heavy (non-hydrogen) atoms. The number of halogens is 1. The Balaban J connectivity index is 1.48. The second-order valence-corrected chi connectivity index (χ2v) is 7.57. The number of aromatic amines is 1. The number of benzene rings is 2. The highest BCUT2D eigenvalue weighted by molar-refractivity contribution is 6.00. The fourth-order valence-corrected chi connectivity index (χ4v) is 3.83. The SMILES string of the molecule is COC(=O)NC1=Nc2nc(-c3cc(Cc4n[nH]c(=O)c5ccccc45)ccc3F)ccc2C1. The van der Waals surface area contributed by atoms with Crippen molar-refractivity contribution in [3.05, 3.63) is 87.6 Å². The van der Waals surface area contributed by atoms with E-state index in [2.05, 4.69) is 30.2 Å². The summed E-state index contributed by atoms with van der Waals surface area (Å²) in [6.07, 6.45) is 0.204. The molecule has 0 unspecified atom stereocenters. The molecule has 0 saturated heterocycles. The Morgan fingerprint density at radius 2 is 1.97 bits per heavy atom. The molecule has 4 aromatic rings. The molecule has 0 aliphatic carbocycles. The lowest BCUT2D eigenvalue weighted by Crippen LogP contribution is -2.30. The predicted octanol–water partition coefficient (Wildman–Crippen LogP) is 3.66. The molecule has 5 rings (SSSR count). The number of H-pyrrole nitrogens is 1. The minimum Gasteiger partial charge on any atom is -0.453 e. The quantitative estimate of drug-likeness (QED) is 0.502. The Labute approximate surface area is 187 Å². The summed E-state index contributed by atoms with van der Waals surface area (Å²) in [6.45, 7) is 0. The monoisotopic (exact) mass is 443 g/mol. The average Bonchev–Trinajstić information content (AvgIpc) is 3.23. The van der Waals surface area contributed by atoms with Gasteiger partial charge >= 0.3 is 6.09 Å². The zero-order valence-electron chi connectivity index (χ0n) is 17.6. The minimum atomic E-state index is -0.607. The van der Waals surface area contributed by atoms with Crippen molar-refractivity contribution in [2.45, 2.75) is 12.8 Å². The van der Waals surface area contributed by atoms with Crippen molar-refractivity contribution in [2.75, 3.05) is 7.11 Å². The number of nitrogens with zero attached hydrogens (tertiary/aromatic N) is 3. The van der Waals surface area contributed by atoms with Crippen LogP contribution in [0.5, 0.6) is 0 Å². The number of fused-ring (bicyclic) bond motifs is 2. The molecule has 0 saturated carbocycles. The van der Waals surface area contributed by atoms with Crippen LogP contribution in [-0.4, -0.2) is 34.2 Å². The van der Waals surface area contributed by atoms with Gasteiger partial charge in [-0.3, -0.25) is 10.1 Å². The van der Waals surface area contributed by atoms with Crippen LogP contribution in [-0.2, 0) is 17.6 Å². The van der Waals surface area contributed by atoms with E-state index in [1.165, 1.54) is 13.2 Å². The van der Waals surface area contributed by atoms with Gasteiger partial charge < -0.3 is 4.74 Å². The van der Waals surface area contributed by atoms with Crippen LogP contribution in [0.3, 0.4) is 0 Å². The molecule has 2 aromatic carbocycles. The first-order valence-electron chi connectivity index (χ1n) is 10.2. The number of amides is 1. The van der Waals surface area contributed by atoms with Gasteiger partial charge in [-0.05, 0) is 29.8 Å². The van der Waals surface area contributed by atoms with Crippen molar-refractivity contribution in [1.29, 1.82) is 0 Å². The number of aromatic nitrogens is 3. The second kappa shape index (κ2) is 8.27. The van der Waals surface area contributed by atoms with E-state index in [-0.39, 0.29) is 5.56 Å². The molecule has 0 radical (unpaired) electrons. The molecule has 9 heteroatoms. The summed E-state index contributed by atoms with van der Waals surface area (Å²) < 4.78 is 19.3. The van der Waals surface area contributed by atoms with Crippen LogP contribution in [0.2, 0.25) is 0 Å². The fraction of sp³-hybridized carbons (Fsp3) is 0.125. The number of hydrogen-bond donors (Lipinski definition) is 2. The molecular weight excluding hydrogens is 425 g/mol. The third-order valence-corrected chi connectivity index (χ3v) is 5.44. The van der Waals surface area contributed by atoms with E-state index in [4.69, 9.17) is 0 Å². The zero-order chi connectivity index (χ0) is 22.9. The highest BCUT2D eigenvalue weighted by Gasteiger charge is 2.20. The van der Waals surface area contributed by atoms with Gasteiger partial charge in [0.25, 0.3) is 5.56 Å². The van der Waals surface area contributed by atoms with Crippen LogP contribution in [0.1, 0.15) is 16.8 Å². The lowest BCUT2D eigenvalue weighted by molar-refractivity contribution is 0.176. The highest BCUT2D eigenvalue weighted by Crippen LogP contribution is 2.30. The summed E-state index contributed by atoms with van der Waals surface area (Å²) in [5, 5.41) is 10.6. The molecule has 164 valence electrons. The Bertz CT molecular complexity index is 1500. The van der Waals surface area contributed by atoms with Gasteiger partial charge in [0.1, 0.15) is 11.7 Å². The standard InChI is InChI=1S/C24H18FN5O3/c1-33-24(32)28-21-12-14-7-9-19(26-22(14)27-21)17-10-13(6-8-18(17)25)11-20-15-4-2-3-5-16(15)23(31)30-29-20/h2-10H,11-12H2,1H3,(H,30,31)(H,26,27,28,32). The summed E-state index contributed by atoms with van der Waals surface area (Å²) in [6, 6.07) is 15.6. The number of hydrogen-bond acceptors (Lipinski definition) is 6. The summed E-state index contributed by atoms with van der Waals surface area (Å²) in [5.41, 5.74) is 2.83. The molecular formula is C24H18FN5O3. The largest absolute Gasteiger partial charge is 0.453 e. The average molecular weight is 443 g/mol. The van der Waals surface area contributed by atoms with E-state index >= 15 is 0 Å². The third-order valence-electron chi connectivity index (χ3n) is 5.44. The van der Waals surface area contributed by atoms with E-state index in [0.29, 0.717) is 46.8 Å². The summed E-state index contributed by atoms with van der Waals surface area (Å²) in [5.74, 6) is 0.434. The van der Waals surface area contributed by atoms with Gasteiger partial charge in [-0.1, -0.05) is 30.3 Å². The van der Waals surface area contributed by atoms with Crippen LogP contribution >= 0.6 is 0 Å². The van der Waals surface area contributed by atoms with E-state index in [9.17, 15) is 14.0 Å². The number of aliphatic imine (C=N–C) groups is 1. The van der Waals surface area contributed by atoms with Crippen molar-refractivity contribution in [2.24, 2.45) is 4.99 Å². The van der Waals surface area contributed by atoms with Crippen LogP contribution in [0.4, 0.5) is 15.0 Å². The smallest absolute Gasteiger partial charge is 0.412 e. The maximum Gasteiger partial charge on any atom is 0.412 e. The molecule has 3 heterocycles. The number of rotatable bonds is 3. The Morgan fingerprint density at radius 1 is 1.15 bits per heavy atom. The molecule has 0 atom stereocenters. The summed E-state index contributed by atoms with van der Waals surface area (Å²) >= 11 is 0. The highest BCUT2D eigenvalue weighted by atomic mass is 19.1. The molecule has 8 nitrogen and oxygen atoms in total. The minimum absolute atomic E-state index is 0.252. The van der Waals surface area contributed by atoms with Crippen LogP contribution in [0.25, 0.3) is 22.0 Å². The first-order chi connectivity index (χ1) is 16.0. The third kappa shape index (κ3) is 3.96. The number of alkyl carbamates (subject to hydrolysis) is 1. The van der Waals surface area contributed by atoms with Crippen molar-refractivity contribution in [3.8, 4) is 11.3 Å². The van der Waals surface area contributed by atoms with E-state index in [1.54, 1.807) is 30.3 Å². The maximum absolute atomic E-state index is 14.7. The topological polar surface area (TPSA) is 109 Å². The van der Waals surface area contributed by atoms with Crippen molar-refractivity contribution in [3.63, 3.8) is 0 Å². The van der Waals surface area contributed by atoms with Gasteiger partial charge in [0, 0.05) is 29.4 Å². The van der Waals surface area contributed by atoms with Crippen LogP contribution in [0, 0.1) is 5.82 Å². The fourth-order valence-electron chi connectivity index (χ4n) is 3.83. The normalized spacial score (nSPS) is 12.4. The Kier molecular flexibility index (Phi) is 5.14. The first-order valence-corrected chi connectivity index (χ1v) is 10.2. The number of pyridine rings is 1. The first kappa shape index (κ1) is 20.5. The molecule has 2 aromatic heterocycles. The van der Waals surface area contributed by atoms with E-state index in [1.807, 2.05) is 18.2 Å².